The molecule has 3 rings (SSSR count). The number of hydrogen-bond acceptors (Lipinski definition) is 2. The van der Waals surface area contributed by atoms with E-state index in [9.17, 15) is 4.79 Å². The molecule has 1 aromatic carbocycles. The summed E-state index contributed by atoms with van der Waals surface area (Å²) in [5.41, 5.74) is 1.86. The van der Waals surface area contributed by atoms with Gasteiger partial charge >= 0.3 is 0 Å². The zero-order valence-corrected chi connectivity index (χ0v) is 9.41. The van der Waals surface area contributed by atoms with Crippen molar-refractivity contribution in [1.29, 1.82) is 0 Å². The van der Waals surface area contributed by atoms with Gasteiger partial charge in [0.25, 0.3) is 0 Å². The van der Waals surface area contributed by atoms with E-state index in [1.54, 1.807) is 12.3 Å². The van der Waals surface area contributed by atoms with Crippen molar-refractivity contribution in [2.45, 2.75) is 12.3 Å². The van der Waals surface area contributed by atoms with Crippen LogP contribution in [0.3, 0.4) is 0 Å². The van der Waals surface area contributed by atoms with Crippen molar-refractivity contribution in [1.82, 2.24) is 4.98 Å². The van der Waals surface area contributed by atoms with Gasteiger partial charge in [0.2, 0.25) is 0 Å². The summed E-state index contributed by atoms with van der Waals surface area (Å²) in [7, 11) is 0. The number of rotatable bonds is 3. The number of nitrogens with zero attached hydrogens (tertiary/aromatic N) is 1. The Morgan fingerprint density at radius 3 is 2.53 bits per heavy atom. The fraction of sp³-hybridized carbons (Fsp3) is 0.200. The van der Waals surface area contributed by atoms with Crippen LogP contribution in [0, 0.1) is 5.92 Å². The van der Waals surface area contributed by atoms with Gasteiger partial charge in [-0.25, -0.2) is 0 Å². The quantitative estimate of drug-likeness (QED) is 0.748. The molecule has 0 radical (unpaired) electrons. The number of carbonyl (C=O) groups excluding carboxylic acids is 1. The maximum absolute atomic E-state index is 12.1. The van der Waals surface area contributed by atoms with E-state index >= 15 is 0 Å². The Bertz CT molecular complexity index is 521. The van der Waals surface area contributed by atoms with E-state index in [1.807, 2.05) is 30.3 Å². The van der Waals surface area contributed by atoms with Gasteiger partial charge in [0.15, 0.2) is 5.78 Å². The molecule has 84 valence electrons. The average Bonchev–Trinajstić information content (AvgIpc) is 3.20. The standard InChI is InChI=1S/C15H13NO/c17-15(14-8-4-5-9-16-14)13-10-12(13)11-6-2-1-3-7-11/h1-9,12-13H,10H2. The fourth-order valence-electron chi connectivity index (χ4n) is 2.25. The molecule has 2 atom stereocenters. The molecule has 1 aromatic heterocycles. The Morgan fingerprint density at radius 1 is 1.06 bits per heavy atom. The third kappa shape index (κ3) is 1.98. The van der Waals surface area contributed by atoms with E-state index in [-0.39, 0.29) is 11.7 Å². The second-order valence-electron chi connectivity index (χ2n) is 4.44. The van der Waals surface area contributed by atoms with E-state index in [1.165, 1.54) is 5.56 Å². The van der Waals surface area contributed by atoms with Gasteiger partial charge in [-0.2, -0.15) is 0 Å². The molecule has 2 aromatic rings. The molecule has 0 N–H and O–H groups in total. The first-order valence-electron chi connectivity index (χ1n) is 5.86. The number of Topliss-reactive ketones (excluding diaryl/α,β-unsaturated/α-hetero) is 1. The zero-order valence-electron chi connectivity index (χ0n) is 9.41. The molecule has 0 saturated heterocycles. The van der Waals surface area contributed by atoms with Crippen LogP contribution in [0.25, 0.3) is 0 Å². The minimum Gasteiger partial charge on any atom is -0.292 e. The Kier molecular flexibility index (Phi) is 2.48. The van der Waals surface area contributed by atoms with Gasteiger partial charge in [0.1, 0.15) is 5.69 Å². The van der Waals surface area contributed by atoms with Crippen LogP contribution < -0.4 is 0 Å². The monoisotopic (exact) mass is 223 g/mol. The van der Waals surface area contributed by atoms with Crippen LogP contribution >= 0.6 is 0 Å². The highest BCUT2D eigenvalue weighted by Crippen LogP contribution is 2.48. The lowest BCUT2D eigenvalue weighted by atomic mass is 10.1. The van der Waals surface area contributed by atoms with Crippen LogP contribution in [-0.4, -0.2) is 10.8 Å². The van der Waals surface area contributed by atoms with Gasteiger partial charge in [0, 0.05) is 12.1 Å². The smallest absolute Gasteiger partial charge is 0.184 e. The summed E-state index contributed by atoms with van der Waals surface area (Å²) in [6.45, 7) is 0. The molecular weight excluding hydrogens is 210 g/mol. The van der Waals surface area contributed by atoms with Crippen LogP contribution in [0.15, 0.2) is 54.7 Å². The topological polar surface area (TPSA) is 30.0 Å². The van der Waals surface area contributed by atoms with Gasteiger partial charge in [-0.05, 0) is 30.0 Å². The first-order chi connectivity index (χ1) is 8.36. The molecule has 1 heterocycles. The highest BCUT2D eigenvalue weighted by molar-refractivity contribution is 5.98. The Balaban J connectivity index is 1.76. The average molecular weight is 223 g/mol. The van der Waals surface area contributed by atoms with Crippen LogP contribution in [0.1, 0.15) is 28.4 Å². The molecule has 2 unspecified atom stereocenters. The number of benzene rings is 1. The minimum absolute atomic E-state index is 0.132. The highest BCUT2D eigenvalue weighted by Gasteiger charge is 2.44. The van der Waals surface area contributed by atoms with Crippen LogP contribution in [0.4, 0.5) is 0 Å². The Labute approximate surface area is 100 Å². The summed E-state index contributed by atoms with van der Waals surface area (Å²) in [6, 6.07) is 15.7. The predicted molar refractivity (Wildman–Crippen MR) is 65.9 cm³/mol. The van der Waals surface area contributed by atoms with Crippen molar-refractivity contribution in [3.8, 4) is 0 Å². The molecule has 1 saturated carbocycles. The van der Waals surface area contributed by atoms with E-state index in [0.717, 1.165) is 6.42 Å². The fourth-order valence-corrected chi connectivity index (χ4v) is 2.25. The van der Waals surface area contributed by atoms with E-state index in [2.05, 4.69) is 17.1 Å². The first-order valence-corrected chi connectivity index (χ1v) is 5.86. The molecule has 0 aliphatic heterocycles. The summed E-state index contributed by atoms with van der Waals surface area (Å²) in [5, 5.41) is 0. The van der Waals surface area contributed by atoms with Gasteiger partial charge in [-0.3, -0.25) is 9.78 Å². The van der Waals surface area contributed by atoms with Gasteiger partial charge in [0.05, 0.1) is 0 Å². The normalized spacial score (nSPS) is 22.1. The molecule has 2 nitrogen and oxygen atoms in total. The minimum atomic E-state index is 0.132. The number of hydrogen-bond donors (Lipinski definition) is 0. The molecular formula is C15H13NO. The Hall–Kier alpha value is -1.96. The summed E-state index contributed by atoms with van der Waals surface area (Å²) in [5.74, 6) is 0.706. The lowest BCUT2D eigenvalue weighted by Gasteiger charge is -2.00. The van der Waals surface area contributed by atoms with Gasteiger partial charge < -0.3 is 0 Å². The predicted octanol–water partition coefficient (Wildman–Crippen LogP) is 3.07. The summed E-state index contributed by atoms with van der Waals surface area (Å²) < 4.78 is 0. The van der Waals surface area contributed by atoms with Crippen molar-refractivity contribution in [2.24, 2.45) is 5.92 Å². The Morgan fingerprint density at radius 2 is 1.82 bits per heavy atom. The van der Waals surface area contributed by atoms with E-state index < -0.39 is 0 Å². The summed E-state index contributed by atoms with van der Waals surface area (Å²) >= 11 is 0. The highest BCUT2D eigenvalue weighted by atomic mass is 16.1. The number of carbonyl (C=O) groups is 1. The second-order valence-corrected chi connectivity index (χ2v) is 4.44. The molecule has 1 aliphatic carbocycles. The molecule has 0 spiro atoms. The first kappa shape index (κ1) is 10.2. The second kappa shape index (κ2) is 4.13. The maximum atomic E-state index is 12.1. The van der Waals surface area contributed by atoms with Gasteiger partial charge in [-0.15, -0.1) is 0 Å². The molecule has 2 heteroatoms. The molecule has 17 heavy (non-hydrogen) atoms. The van der Waals surface area contributed by atoms with Crippen molar-refractivity contribution >= 4 is 5.78 Å². The lowest BCUT2D eigenvalue weighted by molar-refractivity contribution is 0.0960. The number of ketones is 1. The molecule has 0 bridgehead atoms. The largest absolute Gasteiger partial charge is 0.292 e. The van der Waals surface area contributed by atoms with Crippen molar-refractivity contribution in [2.75, 3.05) is 0 Å². The summed E-state index contributed by atoms with van der Waals surface area (Å²) in [4.78, 5) is 16.2. The van der Waals surface area contributed by atoms with E-state index in [4.69, 9.17) is 0 Å². The van der Waals surface area contributed by atoms with Gasteiger partial charge in [-0.1, -0.05) is 36.4 Å². The van der Waals surface area contributed by atoms with Crippen molar-refractivity contribution < 1.29 is 4.79 Å². The van der Waals surface area contributed by atoms with Crippen LogP contribution in [0.2, 0.25) is 0 Å². The maximum Gasteiger partial charge on any atom is 0.184 e. The number of aromatic nitrogens is 1. The third-order valence-electron chi connectivity index (χ3n) is 3.27. The van der Waals surface area contributed by atoms with Crippen molar-refractivity contribution in [3.05, 3.63) is 66.0 Å². The summed E-state index contributed by atoms with van der Waals surface area (Å²) in [6.07, 6.45) is 2.63. The molecule has 1 fully saturated rings. The van der Waals surface area contributed by atoms with Crippen LogP contribution in [0.5, 0.6) is 0 Å². The molecule has 0 amide bonds. The van der Waals surface area contributed by atoms with Crippen LogP contribution in [-0.2, 0) is 0 Å². The van der Waals surface area contributed by atoms with Crippen molar-refractivity contribution in [3.63, 3.8) is 0 Å². The SMILES string of the molecule is O=C(c1ccccn1)C1CC1c1ccccc1. The zero-order chi connectivity index (χ0) is 11.7. The van der Waals surface area contributed by atoms with E-state index in [0.29, 0.717) is 11.6 Å². The molecule has 1 aliphatic rings. The third-order valence-corrected chi connectivity index (χ3v) is 3.27. The lowest BCUT2D eigenvalue weighted by Crippen LogP contribution is -2.05. The number of pyridine rings is 1.